The van der Waals surface area contributed by atoms with Gasteiger partial charge in [-0.2, -0.15) is 18.3 Å². The fourth-order valence-electron chi connectivity index (χ4n) is 2.43. The van der Waals surface area contributed by atoms with Gasteiger partial charge >= 0.3 is 6.18 Å². The van der Waals surface area contributed by atoms with E-state index in [1.807, 2.05) is 0 Å². The quantitative estimate of drug-likeness (QED) is 0.812. The Labute approximate surface area is 116 Å². The van der Waals surface area contributed by atoms with Crippen molar-refractivity contribution in [3.63, 3.8) is 0 Å². The predicted octanol–water partition coefficient (Wildman–Crippen LogP) is 2.89. The molecule has 3 rings (SSSR count). The van der Waals surface area contributed by atoms with Gasteiger partial charge in [0.1, 0.15) is 4.83 Å². The molecule has 0 unspecified atom stereocenters. The number of carbonyl (C=O) groups excluding carboxylic acids is 1. The molecule has 0 bridgehead atoms. The molecule has 1 aliphatic heterocycles. The summed E-state index contributed by atoms with van der Waals surface area (Å²) in [5.41, 5.74) is -0.924. The first-order valence-corrected chi connectivity index (χ1v) is 7.02. The smallest absolute Gasteiger partial charge is 0.338 e. The van der Waals surface area contributed by atoms with Gasteiger partial charge in [0.05, 0.1) is 4.88 Å². The highest BCUT2D eigenvalue weighted by Crippen LogP contribution is 2.37. The lowest BCUT2D eigenvalue weighted by atomic mass is 10.2. The summed E-state index contributed by atoms with van der Waals surface area (Å²) in [5, 5.41) is 3.50. The van der Waals surface area contributed by atoms with Gasteiger partial charge in [0.15, 0.2) is 5.69 Å². The summed E-state index contributed by atoms with van der Waals surface area (Å²) in [6.07, 6.45) is -2.60. The minimum Gasteiger partial charge on any atom is -0.338 e. The van der Waals surface area contributed by atoms with Crippen molar-refractivity contribution in [2.45, 2.75) is 19.0 Å². The molecule has 0 saturated carbocycles. The van der Waals surface area contributed by atoms with Crippen LogP contribution in [0.3, 0.4) is 0 Å². The molecule has 0 aromatic carbocycles. The van der Waals surface area contributed by atoms with Crippen LogP contribution in [0.15, 0.2) is 6.07 Å². The van der Waals surface area contributed by atoms with Crippen LogP contribution in [0.2, 0.25) is 0 Å². The van der Waals surface area contributed by atoms with Gasteiger partial charge in [-0.15, -0.1) is 11.3 Å². The van der Waals surface area contributed by atoms with Gasteiger partial charge in [0, 0.05) is 25.5 Å². The van der Waals surface area contributed by atoms with Crippen LogP contribution < -0.4 is 0 Å². The second-order valence-electron chi connectivity index (χ2n) is 4.80. The second kappa shape index (κ2) is 4.47. The third-order valence-corrected chi connectivity index (χ3v) is 4.57. The largest absolute Gasteiger partial charge is 0.435 e. The summed E-state index contributed by atoms with van der Waals surface area (Å²) in [6.45, 7) is 1.36. The van der Waals surface area contributed by atoms with Crippen LogP contribution in [-0.2, 0) is 13.2 Å². The van der Waals surface area contributed by atoms with Gasteiger partial charge in [0.25, 0.3) is 5.91 Å². The summed E-state index contributed by atoms with van der Waals surface area (Å²) >= 11 is 1.07. The van der Waals surface area contributed by atoms with Crippen LogP contribution >= 0.6 is 11.3 Å². The molecule has 1 fully saturated rings. The fraction of sp³-hybridized carbons (Fsp3) is 0.500. The molecule has 4 nitrogen and oxygen atoms in total. The lowest BCUT2D eigenvalue weighted by Crippen LogP contribution is -2.26. The summed E-state index contributed by atoms with van der Waals surface area (Å²) in [5.74, 6) is -0.183. The van der Waals surface area contributed by atoms with Gasteiger partial charge in [-0.05, 0) is 18.9 Å². The number of halogens is 3. The van der Waals surface area contributed by atoms with Gasteiger partial charge < -0.3 is 4.90 Å². The first kappa shape index (κ1) is 13.4. The van der Waals surface area contributed by atoms with E-state index in [9.17, 15) is 18.0 Å². The Balaban J connectivity index is 2.04. The standard InChI is InChI=1S/C12H12F3N3OS/c1-17-11-7(9(16-17)12(13,14)15)6-8(20-11)10(19)18-4-2-3-5-18/h6H,2-5H2,1H3. The molecule has 1 amide bonds. The van der Waals surface area contributed by atoms with E-state index in [-0.39, 0.29) is 11.3 Å². The third kappa shape index (κ3) is 2.07. The fourth-order valence-corrected chi connectivity index (χ4v) is 3.47. The number of aryl methyl sites for hydroxylation is 1. The summed E-state index contributed by atoms with van der Waals surface area (Å²) < 4.78 is 39.8. The predicted molar refractivity (Wildman–Crippen MR) is 68.7 cm³/mol. The van der Waals surface area contributed by atoms with E-state index in [4.69, 9.17) is 0 Å². The molecular formula is C12H12F3N3OS. The van der Waals surface area contributed by atoms with Crippen molar-refractivity contribution in [3.05, 3.63) is 16.6 Å². The zero-order valence-electron chi connectivity index (χ0n) is 10.7. The van der Waals surface area contributed by atoms with E-state index in [0.29, 0.717) is 22.8 Å². The van der Waals surface area contributed by atoms with Crippen molar-refractivity contribution in [2.24, 2.45) is 7.05 Å². The molecular weight excluding hydrogens is 291 g/mol. The topological polar surface area (TPSA) is 38.1 Å². The van der Waals surface area contributed by atoms with E-state index < -0.39 is 11.9 Å². The number of rotatable bonds is 1. The first-order chi connectivity index (χ1) is 9.38. The first-order valence-electron chi connectivity index (χ1n) is 6.21. The van der Waals surface area contributed by atoms with Crippen molar-refractivity contribution in [2.75, 3.05) is 13.1 Å². The van der Waals surface area contributed by atoms with E-state index in [2.05, 4.69) is 5.10 Å². The molecule has 0 radical (unpaired) electrons. The number of amides is 1. The summed E-state index contributed by atoms with van der Waals surface area (Å²) in [7, 11) is 1.46. The normalized spacial score (nSPS) is 16.3. The maximum absolute atomic E-state index is 12.9. The monoisotopic (exact) mass is 303 g/mol. The van der Waals surface area contributed by atoms with Crippen LogP contribution in [0.1, 0.15) is 28.2 Å². The number of fused-ring (bicyclic) bond motifs is 1. The van der Waals surface area contributed by atoms with Crippen molar-refractivity contribution in [1.29, 1.82) is 0 Å². The highest BCUT2D eigenvalue weighted by atomic mass is 32.1. The number of carbonyl (C=O) groups is 1. The zero-order chi connectivity index (χ0) is 14.5. The number of aromatic nitrogens is 2. The Morgan fingerprint density at radius 2 is 2.00 bits per heavy atom. The molecule has 0 N–H and O–H groups in total. The molecule has 2 aromatic heterocycles. The molecule has 0 atom stereocenters. The minimum atomic E-state index is -4.51. The Hall–Kier alpha value is -1.57. The molecule has 20 heavy (non-hydrogen) atoms. The maximum atomic E-state index is 12.9. The molecule has 1 aliphatic rings. The number of likely N-dealkylation sites (tertiary alicyclic amines) is 1. The van der Waals surface area contributed by atoms with E-state index in [0.717, 1.165) is 24.2 Å². The van der Waals surface area contributed by atoms with Crippen molar-refractivity contribution >= 4 is 27.5 Å². The molecule has 3 heterocycles. The number of alkyl halides is 3. The zero-order valence-corrected chi connectivity index (χ0v) is 11.5. The van der Waals surface area contributed by atoms with Crippen molar-refractivity contribution in [3.8, 4) is 0 Å². The molecule has 0 aliphatic carbocycles. The second-order valence-corrected chi connectivity index (χ2v) is 5.83. The van der Waals surface area contributed by atoms with Gasteiger partial charge in [-0.25, -0.2) is 0 Å². The van der Waals surface area contributed by atoms with E-state index >= 15 is 0 Å². The summed E-state index contributed by atoms with van der Waals surface area (Å²) in [6, 6.07) is 1.32. The van der Waals surface area contributed by atoms with Crippen LogP contribution in [0.4, 0.5) is 13.2 Å². The maximum Gasteiger partial charge on any atom is 0.435 e. The van der Waals surface area contributed by atoms with Crippen LogP contribution in [-0.4, -0.2) is 33.7 Å². The Kier molecular flexibility index (Phi) is 3.00. The van der Waals surface area contributed by atoms with Crippen LogP contribution in [0, 0.1) is 0 Å². The van der Waals surface area contributed by atoms with E-state index in [1.54, 1.807) is 4.90 Å². The Morgan fingerprint density at radius 3 is 2.60 bits per heavy atom. The van der Waals surface area contributed by atoms with Crippen molar-refractivity contribution < 1.29 is 18.0 Å². The average Bonchev–Trinajstić information content (AvgIpc) is 3.04. The number of hydrogen-bond acceptors (Lipinski definition) is 3. The molecule has 2 aromatic rings. The average molecular weight is 303 g/mol. The Morgan fingerprint density at radius 1 is 1.35 bits per heavy atom. The molecule has 8 heteroatoms. The lowest BCUT2D eigenvalue weighted by Gasteiger charge is -2.13. The molecule has 1 saturated heterocycles. The number of nitrogens with zero attached hydrogens (tertiary/aromatic N) is 3. The highest BCUT2D eigenvalue weighted by Gasteiger charge is 2.37. The van der Waals surface area contributed by atoms with E-state index in [1.165, 1.54) is 17.8 Å². The highest BCUT2D eigenvalue weighted by molar-refractivity contribution is 7.20. The SMILES string of the molecule is Cn1nc(C(F)(F)F)c2cc(C(=O)N3CCCC3)sc21. The Bertz CT molecular complexity index is 667. The van der Waals surface area contributed by atoms with Gasteiger partial charge in [0.2, 0.25) is 0 Å². The van der Waals surface area contributed by atoms with Gasteiger partial charge in [-0.1, -0.05) is 0 Å². The molecule has 0 spiro atoms. The lowest BCUT2D eigenvalue weighted by molar-refractivity contribution is -0.140. The number of hydrogen-bond donors (Lipinski definition) is 0. The van der Waals surface area contributed by atoms with Gasteiger partial charge in [-0.3, -0.25) is 9.48 Å². The molecule has 108 valence electrons. The van der Waals surface area contributed by atoms with Crippen LogP contribution in [0.5, 0.6) is 0 Å². The summed E-state index contributed by atoms with van der Waals surface area (Å²) in [4.78, 5) is 14.6. The van der Waals surface area contributed by atoms with Crippen LogP contribution in [0.25, 0.3) is 10.2 Å². The number of thiophene rings is 1. The van der Waals surface area contributed by atoms with Crippen molar-refractivity contribution in [1.82, 2.24) is 14.7 Å². The minimum absolute atomic E-state index is 0.00699. The third-order valence-electron chi connectivity index (χ3n) is 3.38.